The van der Waals surface area contributed by atoms with Crippen LogP contribution < -0.4 is 0 Å². The molecule has 0 aromatic carbocycles. The molecule has 3 unspecified atom stereocenters. The van der Waals surface area contributed by atoms with Crippen LogP contribution in [0.5, 0.6) is 0 Å². The number of fused-ring (bicyclic) bond motifs is 1. The molecule has 92 valence electrons. The van der Waals surface area contributed by atoms with Gasteiger partial charge in [-0.15, -0.1) is 0 Å². The second kappa shape index (κ2) is 4.61. The molecular formula is C12H21NO3. The molecule has 3 rings (SSSR count). The molecule has 0 radical (unpaired) electrons. The van der Waals surface area contributed by atoms with Crippen molar-refractivity contribution in [1.82, 2.24) is 4.90 Å². The monoisotopic (exact) mass is 227 g/mol. The van der Waals surface area contributed by atoms with Crippen LogP contribution in [-0.2, 0) is 9.47 Å². The number of aliphatic hydroxyl groups is 1. The second-order valence-electron chi connectivity index (χ2n) is 5.23. The number of aliphatic hydroxyl groups excluding tert-OH is 1. The molecule has 0 amide bonds. The van der Waals surface area contributed by atoms with Gasteiger partial charge in [-0.25, -0.2) is 0 Å². The summed E-state index contributed by atoms with van der Waals surface area (Å²) in [6.07, 6.45) is 1.27. The van der Waals surface area contributed by atoms with Crippen LogP contribution >= 0.6 is 0 Å². The minimum absolute atomic E-state index is 0.314. The smallest absolute Gasteiger partial charge is 0.0844 e. The maximum absolute atomic E-state index is 8.80. The van der Waals surface area contributed by atoms with Crippen LogP contribution in [0.3, 0.4) is 0 Å². The van der Waals surface area contributed by atoms with Crippen LogP contribution in [0.25, 0.3) is 0 Å². The zero-order valence-corrected chi connectivity index (χ0v) is 9.68. The normalized spacial score (nSPS) is 43.3. The Bertz CT molecular complexity index is 230. The van der Waals surface area contributed by atoms with Gasteiger partial charge in [0.15, 0.2) is 0 Å². The van der Waals surface area contributed by atoms with E-state index in [-0.39, 0.29) is 0 Å². The number of ether oxygens (including phenoxy) is 2. The van der Waals surface area contributed by atoms with Crippen LogP contribution in [0.4, 0.5) is 0 Å². The molecule has 16 heavy (non-hydrogen) atoms. The van der Waals surface area contributed by atoms with Crippen molar-refractivity contribution in [2.75, 3.05) is 46.1 Å². The number of nitrogens with zero attached hydrogens (tertiary/aromatic N) is 1. The molecule has 0 spiro atoms. The molecule has 1 aliphatic carbocycles. The summed E-state index contributed by atoms with van der Waals surface area (Å²) in [7, 11) is 0. The summed E-state index contributed by atoms with van der Waals surface area (Å²) in [5, 5.41) is 8.80. The van der Waals surface area contributed by atoms with Crippen molar-refractivity contribution in [2.24, 2.45) is 17.8 Å². The van der Waals surface area contributed by atoms with Gasteiger partial charge < -0.3 is 19.5 Å². The highest BCUT2D eigenvalue weighted by molar-refractivity contribution is 5.08. The van der Waals surface area contributed by atoms with E-state index in [1.54, 1.807) is 0 Å². The Morgan fingerprint density at radius 3 is 2.62 bits per heavy atom. The molecule has 0 aromatic heterocycles. The van der Waals surface area contributed by atoms with Gasteiger partial charge in [0.2, 0.25) is 0 Å². The predicted molar refractivity (Wildman–Crippen MR) is 59.2 cm³/mol. The molecule has 1 N–H and O–H groups in total. The van der Waals surface area contributed by atoms with Gasteiger partial charge in [-0.05, 0) is 24.2 Å². The highest BCUT2D eigenvalue weighted by Gasteiger charge is 2.59. The van der Waals surface area contributed by atoms with E-state index in [1.165, 1.54) is 13.1 Å². The first-order valence-electron chi connectivity index (χ1n) is 6.42. The van der Waals surface area contributed by atoms with Crippen molar-refractivity contribution in [1.29, 1.82) is 0 Å². The largest absolute Gasteiger partial charge is 0.396 e. The zero-order valence-electron chi connectivity index (χ0n) is 9.68. The van der Waals surface area contributed by atoms with Gasteiger partial charge >= 0.3 is 0 Å². The number of piperidine rings is 1. The zero-order chi connectivity index (χ0) is 11.0. The highest BCUT2D eigenvalue weighted by Crippen LogP contribution is 2.54. The third-order valence-corrected chi connectivity index (χ3v) is 4.24. The fraction of sp³-hybridized carbons (Fsp3) is 1.00. The fourth-order valence-electron chi connectivity index (χ4n) is 3.42. The Morgan fingerprint density at radius 2 is 2.00 bits per heavy atom. The van der Waals surface area contributed by atoms with Crippen molar-refractivity contribution >= 4 is 0 Å². The minimum atomic E-state index is 0.314. The Kier molecular flexibility index (Phi) is 3.16. The molecule has 3 atom stereocenters. The van der Waals surface area contributed by atoms with Gasteiger partial charge in [-0.1, -0.05) is 0 Å². The predicted octanol–water partition coefficient (Wildman–Crippen LogP) is -0.0380. The lowest BCUT2D eigenvalue weighted by Gasteiger charge is -2.26. The lowest BCUT2D eigenvalue weighted by atomic mass is 10.1. The van der Waals surface area contributed by atoms with E-state index in [2.05, 4.69) is 4.90 Å². The molecule has 2 saturated heterocycles. The summed E-state index contributed by atoms with van der Waals surface area (Å²) < 4.78 is 11.2. The molecule has 3 aliphatic rings. The summed E-state index contributed by atoms with van der Waals surface area (Å²) in [5.74, 6) is 2.43. The second-order valence-corrected chi connectivity index (χ2v) is 5.23. The Labute approximate surface area is 96.5 Å². The number of likely N-dealkylation sites (tertiary alicyclic amines) is 1. The van der Waals surface area contributed by atoms with E-state index in [4.69, 9.17) is 14.6 Å². The number of rotatable bonds is 4. The van der Waals surface area contributed by atoms with Gasteiger partial charge in [0.05, 0.1) is 25.9 Å². The third kappa shape index (κ3) is 1.99. The van der Waals surface area contributed by atoms with Gasteiger partial charge in [0.1, 0.15) is 0 Å². The maximum atomic E-state index is 8.80. The van der Waals surface area contributed by atoms with Crippen molar-refractivity contribution in [3.8, 4) is 0 Å². The average Bonchev–Trinajstić information content (AvgIpc) is 2.84. The van der Waals surface area contributed by atoms with Crippen LogP contribution in [0.2, 0.25) is 0 Å². The third-order valence-electron chi connectivity index (χ3n) is 4.24. The first kappa shape index (κ1) is 11.0. The number of hydrogen-bond acceptors (Lipinski definition) is 4. The molecule has 2 aliphatic heterocycles. The topological polar surface area (TPSA) is 41.9 Å². The number of hydrogen-bond donors (Lipinski definition) is 1. The molecule has 3 fully saturated rings. The summed E-state index contributed by atoms with van der Waals surface area (Å²) in [4.78, 5) is 2.48. The van der Waals surface area contributed by atoms with Gasteiger partial charge in [0, 0.05) is 26.2 Å². The Morgan fingerprint density at radius 1 is 1.19 bits per heavy atom. The quantitative estimate of drug-likeness (QED) is 0.732. The van der Waals surface area contributed by atoms with Crippen molar-refractivity contribution in [3.63, 3.8) is 0 Å². The average molecular weight is 227 g/mol. The van der Waals surface area contributed by atoms with E-state index in [9.17, 15) is 0 Å². The Hall–Kier alpha value is -0.160. The fourth-order valence-corrected chi connectivity index (χ4v) is 3.42. The molecule has 0 bridgehead atoms. The van der Waals surface area contributed by atoms with Crippen molar-refractivity contribution in [2.45, 2.75) is 12.5 Å². The Balaban J connectivity index is 1.44. The summed E-state index contributed by atoms with van der Waals surface area (Å²) >= 11 is 0. The highest BCUT2D eigenvalue weighted by atomic mass is 16.6. The lowest BCUT2D eigenvalue weighted by Crippen LogP contribution is -2.35. The van der Waals surface area contributed by atoms with Crippen LogP contribution in [0.15, 0.2) is 0 Å². The van der Waals surface area contributed by atoms with E-state index >= 15 is 0 Å². The molecule has 1 saturated carbocycles. The maximum Gasteiger partial charge on any atom is 0.0844 e. The molecule has 4 heteroatoms. The van der Waals surface area contributed by atoms with Crippen LogP contribution in [-0.4, -0.2) is 62.2 Å². The van der Waals surface area contributed by atoms with E-state index in [0.717, 1.165) is 50.5 Å². The standard InChI is InChI=1S/C12H21NO3/c14-3-1-2-13-6-9-10(7-13)12(9)11-8-15-4-5-16-11/h9-12,14H,1-8H2. The van der Waals surface area contributed by atoms with E-state index < -0.39 is 0 Å². The summed E-state index contributed by atoms with van der Waals surface area (Å²) in [5.41, 5.74) is 0. The van der Waals surface area contributed by atoms with Crippen LogP contribution in [0, 0.1) is 17.8 Å². The van der Waals surface area contributed by atoms with Gasteiger partial charge in [0.25, 0.3) is 0 Å². The summed E-state index contributed by atoms with van der Waals surface area (Å²) in [6, 6.07) is 0. The lowest BCUT2D eigenvalue weighted by molar-refractivity contribution is -0.102. The first-order chi connectivity index (χ1) is 7.90. The van der Waals surface area contributed by atoms with Gasteiger partial charge in [-0.2, -0.15) is 0 Å². The summed E-state index contributed by atoms with van der Waals surface area (Å²) in [6.45, 7) is 6.11. The molecule has 4 nitrogen and oxygen atoms in total. The SMILES string of the molecule is OCCCN1CC2C(C1)C2C1COCCO1. The molecular weight excluding hydrogens is 206 g/mol. The van der Waals surface area contributed by atoms with Crippen molar-refractivity contribution in [3.05, 3.63) is 0 Å². The van der Waals surface area contributed by atoms with E-state index in [0.29, 0.717) is 12.7 Å². The molecule has 0 aromatic rings. The first-order valence-corrected chi connectivity index (χ1v) is 6.42. The minimum Gasteiger partial charge on any atom is -0.396 e. The van der Waals surface area contributed by atoms with Crippen molar-refractivity contribution < 1.29 is 14.6 Å². The van der Waals surface area contributed by atoms with Crippen LogP contribution in [0.1, 0.15) is 6.42 Å². The van der Waals surface area contributed by atoms with E-state index in [1.807, 2.05) is 0 Å². The molecule has 2 heterocycles. The van der Waals surface area contributed by atoms with Gasteiger partial charge in [-0.3, -0.25) is 0 Å².